The Kier molecular flexibility index (Phi) is 12.2. The van der Waals surface area contributed by atoms with Gasteiger partial charge in [0.25, 0.3) is 11.1 Å². The quantitative estimate of drug-likeness (QED) is 0.143. The average Bonchev–Trinajstić information content (AvgIpc) is 3.13. The van der Waals surface area contributed by atoms with Crippen LogP contribution in [0.3, 0.4) is 0 Å². The Labute approximate surface area is 319 Å². The zero-order chi connectivity index (χ0) is 41.3. The number of rotatable bonds is 10. The van der Waals surface area contributed by atoms with E-state index in [0.29, 0.717) is 12.1 Å². The Morgan fingerprint density at radius 1 is 0.727 bits per heavy atom. The van der Waals surface area contributed by atoms with Crippen molar-refractivity contribution in [3.05, 3.63) is 137 Å². The number of halogens is 8. The summed E-state index contributed by atoms with van der Waals surface area (Å²) < 4.78 is 92.1. The summed E-state index contributed by atoms with van der Waals surface area (Å²) in [4.78, 5) is 52.0. The molecule has 4 amide bonds. The maximum atomic E-state index is 14.4. The highest BCUT2D eigenvalue weighted by molar-refractivity contribution is 6.31. The summed E-state index contributed by atoms with van der Waals surface area (Å²) in [6.45, 7) is 2.05. The van der Waals surface area contributed by atoms with Crippen molar-refractivity contribution >= 4 is 35.3 Å². The molecule has 0 aromatic heterocycles. The van der Waals surface area contributed by atoms with Crippen molar-refractivity contribution in [1.29, 1.82) is 0 Å². The van der Waals surface area contributed by atoms with Gasteiger partial charge < -0.3 is 25.2 Å². The van der Waals surface area contributed by atoms with Crippen LogP contribution in [0.15, 0.2) is 94.4 Å². The standard InChI is InChI=1S/C34H32Cl2F6N6O7/c1-5-45(29(49)43-3)27-25(35)23(15-17-31(27,47(51)52)19-11-7-9-13-21(19)33(37,38)39)55-24-16-18-32(48(53)54,20-12-8-10-14-22(20)34(40,41)42)28(26(24)36)46(6-2)30(50)44-4/h7-18,27-28H,5-6H2,1-4H3,(H,43,49)(H,44,50). The molecule has 4 rings (SSSR count). The zero-order valence-electron chi connectivity index (χ0n) is 29.2. The second-order valence-corrected chi connectivity index (χ2v) is 12.7. The number of alkyl halides is 6. The number of allylic oxidation sites excluding steroid dienone is 2. The van der Waals surface area contributed by atoms with Crippen LogP contribution in [0.4, 0.5) is 35.9 Å². The fourth-order valence-corrected chi connectivity index (χ4v) is 7.53. The van der Waals surface area contributed by atoms with Gasteiger partial charge in [-0.1, -0.05) is 59.6 Å². The molecule has 0 aliphatic heterocycles. The van der Waals surface area contributed by atoms with Crippen molar-refractivity contribution in [1.82, 2.24) is 20.4 Å². The molecule has 2 N–H and O–H groups in total. The summed E-state index contributed by atoms with van der Waals surface area (Å²) in [6, 6.07) is 1.16. The molecule has 0 fully saturated rings. The monoisotopic (exact) mass is 820 g/mol. The average molecular weight is 822 g/mol. The third kappa shape index (κ3) is 7.29. The van der Waals surface area contributed by atoms with Crippen molar-refractivity contribution in [3.63, 3.8) is 0 Å². The fraction of sp³-hybridized carbons (Fsp3) is 0.353. The molecule has 0 saturated carbocycles. The summed E-state index contributed by atoms with van der Waals surface area (Å²) in [5.41, 5.74) is -10.4. The molecule has 21 heteroatoms. The smallest absolute Gasteiger partial charge is 0.416 e. The molecule has 296 valence electrons. The molecule has 2 aliphatic rings. The predicted octanol–water partition coefficient (Wildman–Crippen LogP) is 7.49. The lowest BCUT2D eigenvalue weighted by molar-refractivity contribution is -0.570. The highest BCUT2D eigenvalue weighted by Gasteiger charge is 2.62. The van der Waals surface area contributed by atoms with Gasteiger partial charge in [-0.15, -0.1) is 0 Å². The van der Waals surface area contributed by atoms with E-state index in [4.69, 9.17) is 27.9 Å². The molecule has 4 atom stereocenters. The molecule has 0 bridgehead atoms. The molecular weight excluding hydrogens is 789 g/mol. The Morgan fingerprint density at radius 3 is 1.33 bits per heavy atom. The molecule has 2 aromatic carbocycles. The van der Waals surface area contributed by atoms with Gasteiger partial charge >= 0.3 is 24.4 Å². The second kappa shape index (κ2) is 15.8. The van der Waals surface area contributed by atoms with Gasteiger partial charge in [0.1, 0.15) is 11.5 Å². The normalized spacial score (nSPS) is 22.6. The number of nitrogens with zero attached hydrogens (tertiary/aromatic N) is 4. The van der Waals surface area contributed by atoms with E-state index < -0.39 is 101 Å². The topological polar surface area (TPSA) is 160 Å². The van der Waals surface area contributed by atoms with Crippen LogP contribution in [-0.2, 0) is 28.2 Å². The molecule has 0 saturated heterocycles. The molecule has 55 heavy (non-hydrogen) atoms. The lowest BCUT2D eigenvalue weighted by Gasteiger charge is -2.42. The number of likely N-dealkylation sites (N-methyl/N-ethyl adjacent to an activating group) is 2. The van der Waals surface area contributed by atoms with Gasteiger partial charge in [0, 0.05) is 60.3 Å². The predicted molar refractivity (Wildman–Crippen MR) is 187 cm³/mol. The van der Waals surface area contributed by atoms with E-state index >= 15 is 0 Å². The molecule has 0 radical (unpaired) electrons. The molecule has 0 spiro atoms. The van der Waals surface area contributed by atoms with E-state index in [0.717, 1.165) is 84.6 Å². The number of urea groups is 2. The van der Waals surface area contributed by atoms with Gasteiger partial charge in [-0.25, -0.2) is 9.59 Å². The molecular formula is C34H32Cl2F6N6O7. The number of ether oxygens (including phenoxy) is 1. The van der Waals surface area contributed by atoms with Gasteiger partial charge in [-0.05, 0) is 38.1 Å². The number of nitro groups is 2. The van der Waals surface area contributed by atoms with Gasteiger partial charge in [0.2, 0.25) is 0 Å². The van der Waals surface area contributed by atoms with Crippen LogP contribution in [0.1, 0.15) is 36.1 Å². The van der Waals surface area contributed by atoms with Gasteiger partial charge in [0.05, 0.1) is 21.2 Å². The minimum atomic E-state index is -5.11. The number of hydrogen-bond donors (Lipinski definition) is 2. The first-order valence-electron chi connectivity index (χ1n) is 16.1. The van der Waals surface area contributed by atoms with Gasteiger partial charge in [0.15, 0.2) is 12.1 Å². The van der Waals surface area contributed by atoms with Crippen molar-refractivity contribution < 1.29 is 50.5 Å². The maximum absolute atomic E-state index is 14.4. The van der Waals surface area contributed by atoms with Crippen LogP contribution in [0, 0.1) is 20.2 Å². The van der Waals surface area contributed by atoms with Crippen LogP contribution in [0.25, 0.3) is 0 Å². The maximum Gasteiger partial charge on any atom is 0.416 e. The first-order chi connectivity index (χ1) is 25.7. The number of carbonyl (C=O) groups is 2. The number of carbonyl (C=O) groups excluding carboxylic acids is 2. The van der Waals surface area contributed by atoms with Crippen LogP contribution in [-0.4, -0.2) is 71.0 Å². The van der Waals surface area contributed by atoms with E-state index in [1.807, 2.05) is 0 Å². The third-order valence-corrected chi connectivity index (χ3v) is 9.95. The van der Waals surface area contributed by atoms with Crippen LogP contribution in [0.5, 0.6) is 0 Å². The van der Waals surface area contributed by atoms with Crippen molar-refractivity contribution in [2.24, 2.45) is 0 Å². The first kappa shape index (κ1) is 42.4. The van der Waals surface area contributed by atoms with E-state index in [1.165, 1.54) is 13.8 Å². The number of nitrogens with one attached hydrogen (secondary N) is 2. The van der Waals surface area contributed by atoms with E-state index in [-0.39, 0.29) is 13.1 Å². The molecule has 4 unspecified atom stereocenters. The number of amides is 4. The molecule has 0 heterocycles. The largest absolute Gasteiger partial charge is 0.455 e. The van der Waals surface area contributed by atoms with Crippen molar-refractivity contribution in [2.45, 2.75) is 49.4 Å². The lowest BCUT2D eigenvalue weighted by Crippen LogP contribution is -2.59. The molecule has 2 aromatic rings. The van der Waals surface area contributed by atoms with Gasteiger partial charge in [-0.3, -0.25) is 20.2 Å². The lowest BCUT2D eigenvalue weighted by atomic mass is 9.76. The minimum absolute atomic E-state index is 0.349. The summed E-state index contributed by atoms with van der Waals surface area (Å²) >= 11 is 13.6. The highest BCUT2D eigenvalue weighted by atomic mass is 35.5. The molecule has 13 nitrogen and oxygen atoms in total. The molecule has 2 aliphatic carbocycles. The number of benzene rings is 2. The summed E-state index contributed by atoms with van der Waals surface area (Å²) in [5, 5.41) is 29.3. The summed E-state index contributed by atoms with van der Waals surface area (Å²) in [7, 11) is 2.33. The highest BCUT2D eigenvalue weighted by Crippen LogP contribution is 2.50. The third-order valence-electron chi connectivity index (χ3n) is 9.17. The minimum Gasteiger partial charge on any atom is -0.455 e. The second-order valence-electron chi connectivity index (χ2n) is 11.9. The van der Waals surface area contributed by atoms with E-state index in [9.17, 15) is 56.2 Å². The Morgan fingerprint density at radius 2 is 1.05 bits per heavy atom. The van der Waals surface area contributed by atoms with Gasteiger partial charge in [-0.2, -0.15) is 26.3 Å². The Bertz CT molecular complexity index is 1870. The fourth-order valence-electron chi connectivity index (χ4n) is 6.76. The zero-order valence-corrected chi connectivity index (χ0v) is 30.7. The van der Waals surface area contributed by atoms with Crippen LogP contribution in [0.2, 0.25) is 0 Å². The summed E-state index contributed by atoms with van der Waals surface area (Å²) in [6.07, 6.45) is -7.07. The SMILES string of the molecule is CCN(C(=O)NC)C1C(Cl)=C(OC2=C(Cl)C(N(CC)C(=O)NC)C(c3ccccc3C(F)(F)F)([N+](=O)[O-])C=C2)C=CC1(c1ccccc1C(F)(F)F)[N+](=O)[O-]. The summed E-state index contributed by atoms with van der Waals surface area (Å²) in [5.74, 6) is -1.08. The Hall–Kier alpha value is -5.30. The first-order valence-corrected chi connectivity index (χ1v) is 16.9. The van der Waals surface area contributed by atoms with Crippen LogP contribution < -0.4 is 10.6 Å². The van der Waals surface area contributed by atoms with E-state index in [2.05, 4.69) is 10.6 Å². The van der Waals surface area contributed by atoms with E-state index in [1.54, 1.807) is 0 Å². The number of hydrogen-bond acceptors (Lipinski definition) is 7. The van der Waals surface area contributed by atoms with Crippen LogP contribution >= 0.6 is 23.2 Å². The van der Waals surface area contributed by atoms with Crippen molar-refractivity contribution in [3.8, 4) is 0 Å². The van der Waals surface area contributed by atoms with Crippen molar-refractivity contribution in [2.75, 3.05) is 27.2 Å². The Balaban J connectivity index is 2.03.